The Morgan fingerprint density at radius 1 is 1.26 bits per heavy atom. The van der Waals surface area contributed by atoms with Crippen molar-refractivity contribution in [1.29, 1.82) is 0 Å². The topological polar surface area (TPSA) is 29.5 Å². The molecule has 2 bridgehead atoms. The van der Waals surface area contributed by atoms with Gasteiger partial charge in [0.1, 0.15) is 0 Å². The summed E-state index contributed by atoms with van der Waals surface area (Å²) in [5, 5.41) is 10.6. The fourth-order valence-corrected chi connectivity index (χ4v) is 5.07. The highest BCUT2D eigenvalue weighted by atomic mass is 28.4. The molecular formula is C16H30O2Si. The summed E-state index contributed by atoms with van der Waals surface area (Å²) in [4.78, 5) is 0. The zero-order valence-corrected chi connectivity index (χ0v) is 14.7. The van der Waals surface area contributed by atoms with Gasteiger partial charge >= 0.3 is 0 Å². The molecule has 0 spiro atoms. The maximum atomic E-state index is 10.4. The summed E-state index contributed by atoms with van der Waals surface area (Å²) >= 11 is 0. The Kier molecular flexibility index (Phi) is 3.36. The predicted molar refractivity (Wildman–Crippen MR) is 82.6 cm³/mol. The van der Waals surface area contributed by atoms with Crippen molar-refractivity contribution in [1.82, 2.24) is 0 Å². The van der Waals surface area contributed by atoms with Gasteiger partial charge < -0.3 is 9.53 Å². The van der Waals surface area contributed by atoms with Crippen LogP contribution in [-0.4, -0.2) is 25.6 Å². The molecule has 0 saturated heterocycles. The van der Waals surface area contributed by atoms with E-state index in [1.807, 2.05) is 6.08 Å². The van der Waals surface area contributed by atoms with Gasteiger partial charge in [-0.05, 0) is 30.5 Å². The summed E-state index contributed by atoms with van der Waals surface area (Å²) in [6, 6.07) is 0. The van der Waals surface area contributed by atoms with Gasteiger partial charge in [-0.2, -0.15) is 0 Å². The SMILES string of the molecule is CC1=CC(O)[C@@H]2[C@@H](O[Si](C)(C)C(C)(C)C)[C@H]1C2(C)C. The van der Waals surface area contributed by atoms with E-state index in [-0.39, 0.29) is 28.6 Å². The first-order chi connectivity index (χ1) is 8.39. The minimum absolute atomic E-state index is 0.172. The third kappa shape index (κ3) is 2.14. The van der Waals surface area contributed by atoms with Crippen LogP contribution in [0.2, 0.25) is 18.1 Å². The zero-order valence-electron chi connectivity index (χ0n) is 13.7. The Morgan fingerprint density at radius 3 is 2.16 bits per heavy atom. The largest absolute Gasteiger partial charge is 0.413 e. The van der Waals surface area contributed by atoms with Crippen molar-refractivity contribution in [3.8, 4) is 0 Å². The molecule has 3 aliphatic rings. The highest BCUT2D eigenvalue weighted by Gasteiger charge is 2.63. The molecule has 0 radical (unpaired) electrons. The summed E-state index contributed by atoms with van der Waals surface area (Å²) < 4.78 is 6.62. The van der Waals surface area contributed by atoms with E-state index in [0.29, 0.717) is 5.92 Å². The molecule has 110 valence electrons. The van der Waals surface area contributed by atoms with Crippen molar-refractivity contribution in [3.05, 3.63) is 11.6 Å². The van der Waals surface area contributed by atoms with E-state index < -0.39 is 8.32 Å². The standard InChI is InChI=1S/C16H30O2Si/c1-10-9-11(17)13-14(12(10)16(13,5)6)18-19(7,8)15(2,3)4/h9,11-14,17H,1-8H3/t11?,12-,13+,14-/m0/s1. The Morgan fingerprint density at radius 2 is 1.79 bits per heavy atom. The molecule has 0 amide bonds. The minimum Gasteiger partial charge on any atom is -0.413 e. The van der Waals surface area contributed by atoms with Crippen LogP contribution >= 0.6 is 0 Å². The summed E-state index contributed by atoms with van der Waals surface area (Å²) in [6.07, 6.45) is 1.91. The monoisotopic (exact) mass is 282 g/mol. The van der Waals surface area contributed by atoms with Gasteiger partial charge in [-0.1, -0.05) is 46.3 Å². The highest BCUT2D eigenvalue weighted by molar-refractivity contribution is 6.74. The third-order valence-electron chi connectivity index (χ3n) is 5.87. The van der Waals surface area contributed by atoms with Crippen molar-refractivity contribution in [2.45, 2.75) is 71.9 Å². The Labute approximate surface area is 119 Å². The second-order valence-corrected chi connectivity index (χ2v) is 13.3. The molecule has 1 N–H and O–H groups in total. The number of aliphatic hydroxyl groups excluding tert-OH is 1. The molecule has 0 aromatic carbocycles. The van der Waals surface area contributed by atoms with Crippen LogP contribution in [0, 0.1) is 17.3 Å². The fraction of sp³-hybridized carbons (Fsp3) is 0.875. The molecule has 4 atom stereocenters. The zero-order chi connectivity index (χ0) is 14.8. The second kappa shape index (κ2) is 4.19. The minimum atomic E-state index is -1.76. The molecule has 0 aromatic rings. The maximum Gasteiger partial charge on any atom is 0.192 e. The molecule has 0 aliphatic heterocycles. The van der Waals surface area contributed by atoms with Crippen LogP contribution in [0.4, 0.5) is 0 Å². The molecule has 2 nitrogen and oxygen atoms in total. The molecule has 19 heavy (non-hydrogen) atoms. The number of fused-ring (bicyclic) bond motifs is 1. The lowest BCUT2D eigenvalue weighted by Gasteiger charge is -2.64. The summed E-state index contributed by atoms with van der Waals surface area (Å²) in [5.74, 6) is 0.741. The summed E-state index contributed by atoms with van der Waals surface area (Å²) in [7, 11) is -1.76. The molecule has 0 aromatic heterocycles. The Hall–Kier alpha value is -0.123. The van der Waals surface area contributed by atoms with Crippen LogP contribution < -0.4 is 0 Å². The number of rotatable bonds is 2. The number of aliphatic hydroxyl groups is 1. The van der Waals surface area contributed by atoms with Crippen molar-refractivity contribution in [3.63, 3.8) is 0 Å². The van der Waals surface area contributed by atoms with Gasteiger partial charge in [0.2, 0.25) is 0 Å². The predicted octanol–water partition coefficient (Wildman–Crippen LogP) is 3.97. The molecule has 1 unspecified atom stereocenters. The average Bonchev–Trinajstić information content (AvgIpc) is 2.11. The van der Waals surface area contributed by atoms with Gasteiger partial charge in [-0.3, -0.25) is 0 Å². The number of hydrogen-bond donors (Lipinski definition) is 1. The van der Waals surface area contributed by atoms with Gasteiger partial charge in [-0.15, -0.1) is 0 Å². The quantitative estimate of drug-likeness (QED) is 0.613. The Bertz CT molecular complexity index is 403. The van der Waals surface area contributed by atoms with Gasteiger partial charge in [0, 0.05) is 11.8 Å². The van der Waals surface area contributed by atoms with Crippen LogP contribution in [0.5, 0.6) is 0 Å². The first-order valence-corrected chi connectivity index (χ1v) is 10.3. The van der Waals surface area contributed by atoms with Crippen molar-refractivity contribution >= 4 is 8.32 Å². The normalized spacial score (nSPS) is 37.6. The lowest BCUT2D eigenvalue weighted by molar-refractivity contribution is -0.175. The molecule has 3 aliphatic carbocycles. The third-order valence-corrected chi connectivity index (χ3v) is 10.3. The maximum absolute atomic E-state index is 10.4. The van der Waals surface area contributed by atoms with Gasteiger partial charge in [0.25, 0.3) is 0 Å². The van der Waals surface area contributed by atoms with Crippen LogP contribution in [-0.2, 0) is 4.43 Å². The molecular weight excluding hydrogens is 252 g/mol. The van der Waals surface area contributed by atoms with Crippen LogP contribution in [0.15, 0.2) is 11.6 Å². The molecule has 3 rings (SSSR count). The summed E-state index contributed by atoms with van der Waals surface area (Å²) in [5.41, 5.74) is 1.48. The van der Waals surface area contributed by atoms with Crippen molar-refractivity contribution in [2.75, 3.05) is 0 Å². The van der Waals surface area contributed by atoms with E-state index in [1.54, 1.807) is 0 Å². The van der Waals surface area contributed by atoms with E-state index in [2.05, 4.69) is 54.6 Å². The van der Waals surface area contributed by atoms with Crippen LogP contribution in [0.1, 0.15) is 41.5 Å². The van der Waals surface area contributed by atoms with E-state index in [0.717, 1.165) is 0 Å². The first-order valence-electron chi connectivity index (χ1n) is 7.44. The van der Waals surface area contributed by atoms with Gasteiger partial charge in [0.15, 0.2) is 8.32 Å². The van der Waals surface area contributed by atoms with E-state index in [4.69, 9.17) is 4.43 Å². The first kappa shape index (κ1) is 15.3. The lowest BCUT2D eigenvalue weighted by Crippen LogP contribution is -2.67. The Balaban J connectivity index is 2.24. The molecule has 0 heterocycles. The molecule has 3 heteroatoms. The van der Waals surface area contributed by atoms with E-state index in [1.165, 1.54) is 5.57 Å². The molecule has 1 fully saturated rings. The van der Waals surface area contributed by atoms with Crippen LogP contribution in [0.25, 0.3) is 0 Å². The van der Waals surface area contributed by atoms with Crippen LogP contribution in [0.3, 0.4) is 0 Å². The fourth-order valence-electron chi connectivity index (χ4n) is 3.76. The summed E-state index contributed by atoms with van der Waals surface area (Å²) in [6.45, 7) is 18.1. The number of hydrogen-bond acceptors (Lipinski definition) is 2. The average molecular weight is 282 g/mol. The van der Waals surface area contributed by atoms with Crippen molar-refractivity contribution < 1.29 is 9.53 Å². The van der Waals surface area contributed by atoms with Gasteiger partial charge in [-0.25, -0.2) is 0 Å². The van der Waals surface area contributed by atoms with Crippen molar-refractivity contribution in [2.24, 2.45) is 17.3 Å². The second-order valence-electron chi connectivity index (χ2n) is 8.57. The van der Waals surface area contributed by atoms with E-state index in [9.17, 15) is 5.11 Å². The van der Waals surface area contributed by atoms with Gasteiger partial charge in [0.05, 0.1) is 12.2 Å². The highest BCUT2D eigenvalue weighted by Crippen LogP contribution is 2.61. The molecule has 1 saturated carbocycles. The smallest absolute Gasteiger partial charge is 0.192 e. The van der Waals surface area contributed by atoms with E-state index >= 15 is 0 Å². The lowest BCUT2D eigenvalue weighted by atomic mass is 9.46.